The van der Waals surface area contributed by atoms with Crippen molar-refractivity contribution >= 4 is 23.9 Å². The molecule has 0 amide bonds. The molecule has 0 saturated carbocycles. The largest absolute Gasteiger partial charge is 2.00 e. The van der Waals surface area contributed by atoms with Crippen molar-refractivity contribution in [2.24, 2.45) is 0 Å². The summed E-state index contributed by atoms with van der Waals surface area (Å²) < 4.78 is 0. The van der Waals surface area contributed by atoms with Gasteiger partial charge in [-0.05, 0) is 27.7 Å². The first-order valence-electron chi connectivity index (χ1n) is 9.65. The Morgan fingerprint density at radius 2 is 1.08 bits per heavy atom. The minimum Gasteiger partial charge on any atom is -0.686 e. The number of carboxylic acids is 4. The summed E-state index contributed by atoms with van der Waals surface area (Å²) in [5, 5.41) is 65.5. The van der Waals surface area contributed by atoms with Crippen LogP contribution in [0.1, 0.15) is 47.0 Å². The summed E-state index contributed by atoms with van der Waals surface area (Å²) in [7, 11) is 3.00. The summed E-state index contributed by atoms with van der Waals surface area (Å²) in [5.41, 5.74) is 1.19. The quantitative estimate of drug-likeness (QED) is 0.227. The number of carbonyl (C=O) groups is 4. The van der Waals surface area contributed by atoms with E-state index in [0.717, 1.165) is 62.1 Å². The second-order valence-corrected chi connectivity index (χ2v) is 5.24. The summed E-state index contributed by atoms with van der Waals surface area (Å²) in [6.45, 7) is 5.76. The fraction of sp³-hybridized carbons (Fsp3) is 0.619. The molecular formula is C21H38N2O11Rh2-2. The Kier molecular flexibility index (Phi) is 76.6. The number of allylic oxidation sites excluding steroid dienone is 2. The van der Waals surface area contributed by atoms with Crippen molar-refractivity contribution in [1.82, 2.24) is 0 Å². The molecule has 2 radical (unpaired) electrons. The second kappa shape index (κ2) is 50.2. The maximum absolute atomic E-state index is 8.89. The Balaban J connectivity index is -0.0000000469. The summed E-state index contributed by atoms with van der Waals surface area (Å²) in [6, 6.07) is 0.406. The van der Waals surface area contributed by atoms with Gasteiger partial charge in [-0.1, -0.05) is 31.4 Å². The van der Waals surface area contributed by atoms with Gasteiger partial charge in [0.25, 0.3) is 0 Å². The van der Waals surface area contributed by atoms with Gasteiger partial charge < -0.3 is 65.6 Å². The van der Waals surface area contributed by atoms with Crippen molar-refractivity contribution in [2.75, 3.05) is 34.4 Å². The van der Waals surface area contributed by atoms with E-state index >= 15 is 0 Å². The zero-order valence-corrected chi connectivity index (χ0v) is 24.8. The number of carbonyl (C=O) groups excluding carboxylic acids is 4. The topological polar surface area (TPSA) is 249 Å². The fourth-order valence-corrected chi connectivity index (χ4v) is 1.68. The van der Waals surface area contributed by atoms with Gasteiger partial charge in [0.05, 0.1) is 0 Å². The number of nitrogens with zero attached hydrogens (tertiary/aromatic N) is 2. The zero-order chi connectivity index (χ0) is 28.5. The molecule has 2 rings (SSSR count). The van der Waals surface area contributed by atoms with Crippen LogP contribution in [0.2, 0.25) is 0 Å². The molecule has 1 saturated heterocycles. The number of piperidine rings is 1. The van der Waals surface area contributed by atoms with E-state index in [-0.39, 0.29) is 39.0 Å². The molecule has 0 aromatic heterocycles. The number of rotatable bonds is 1. The van der Waals surface area contributed by atoms with Crippen LogP contribution in [0.15, 0.2) is 23.9 Å². The molecule has 0 aromatic rings. The molecule has 3 N–H and O–H groups in total. The van der Waals surface area contributed by atoms with Gasteiger partial charge in [-0.15, -0.1) is 25.2 Å². The normalized spacial score (nSPS) is 13.1. The van der Waals surface area contributed by atoms with Crippen LogP contribution in [-0.4, -0.2) is 79.7 Å². The van der Waals surface area contributed by atoms with Crippen molar-refractivity contribution in [3.8, 4) is 0 Å². The monoisotopic (exact) mass is 700 g/mol. The van der Waals surface area contributed by atoms with Gasteiger partial charge in [0.1, 0.15) is 0 Å². The van der Waals surface area contributed by atoms with E-state index in [9.17, 15) is 0 Å². The first kappa shape index (κ1) is 54.9. The number of hydrogen-bond acceptors (Lipinski definition) is 11. The first-order chi connectivity index (χ1) is 15.9. The van der Waals surface area contributed by atoms with Crippen LogP contribution in [0.4, 0.5) is 0 Å². The van der Waals surface area contributed by atoms with E-state index < -0.39 is 23.9 Å². The van der Waals surface area contributed by atoms with Crippen molar-refractivity contribution in [3.05, 3.63) is 34.6 Å². The average Bonchev–Trinajstić information content (AvgIpc) is 2.78. The summed E-state index contributed by atoms with van der Waals surface area (Å²) in [6.07, 6.45) is 10.0. The van der Waals surface area contributed by atoms with E-state index in [0.29, 0.717) is 6.04 Å². The Labute approximate surface area is 239 Å². The maximum Gasteiger partial charge on any atom is 2.00 e. The molecule has 0 bridgehead atoms. The third kappa shape index (κ3) is 94.6. The van der Waals surface area contributed by atoms with Crippen LogP contribution < -0.4 is 20.4 Å². The van der Waals surface area contributed by atoms with E-state index in [1.807, 2.05) is 0 Å². The van der Waals surface area contributed by atoms with Crippen LogP contribution in [0.3, 0.4) is 0 Å². The van der Waals surface area contributed by atoms with Gasteiger partial charge in [-0.25, -0.2) is 0 Å². The summed E-state index contributed by atoms with van der Waals surface area (Å²) in [4.78, 5) is 35.6. The molecule has 218 valence electrons. The van der Waals surface area contributed by atoms with Gasteiger partial charge in [0.15, 0.2) is 0 Å². The van der Waals surface area contributed by atoms with E-state index in [4.69, 9.17) is 54.9 Å². The second-order valence-electron chi connectivity index (χ2n) is 5.24. The Morgan fingerprint density at radius 1 is 0.750 bits per heavy atom. The van der Waals surface area contributed by atoms with Crippen molar-refractivity contribution in [1.29, 1.82) is 0 Å². The molecule has 15 heteroatoms. The number of carboxylic acid groups (broad SMARTS) is 4. The Morgan fingerprint density at radius 3 is 1.31 bits per heavy atom. The average molecular weight is 700 g/mol. The van der Waals surface area contributed by atoms with Gasteiger partial charge in [-0.3, -0.25) is 0 Å². The molecule has 13 nitrogen and oxygen atoms in total. The Bertz CT molecular complexity index is 478. The molecule has 2 aliphatic heterocycles. The van der Waals surface area contributed by atoms with E-state index in [1.54, 1.807) is 0 Å². The molecule has 2 aliphatic rings. The van der Waals surface area contributed by atoms with Crippen LogP contribution >= 0.6 is 0 Å². The van der Waals surface area contributed by atoms with E-state index in [2.05, 4.69) is 28.9 Å². The molecule has 1 unspecified atom stereocenters. The molecule has 0 aromatic carbocycles. The van der Waals surface area contributed by atoms with Crippen LogP contribution in [0.25, 0.3) is 10.6 Å². The fourth-order valence-electron chi connectivity index (χ4n) is 1.68. The molecule has 0 spiro atoms. The molecular weight excluding hydrogens is 662 g/mol. The number of aliphatic hydroxyl groups excluding tert-OH is 3. The van der Waals surface area contributed by atoms with Crippen LogP contribution in [-0.2, 0) is 58.1 Å². The van der Waals surface area contributed by atoms with Gasteiger partial charge in [0, 0.05) is 45.2 Å². The van der Waals surface area contributed by atoms with Gasteiger partial charge in [0.2, 0.25) is 0 Å². The zero-order valence-electron chi connectivity index (χ0n) is 21.5. The minimum absolute atomic E-state index is 0. The van der Waals surface area contributed by atoms with E-state index in [1.165, 1.54) is 25.0 Å². The molecule has 36 heavy (non-hydrogen) atoms. The SMILES string of the molecule is C1=CC[N-]C(C2CCCC[N-]2)=C1.CC(=O)[O-].CC(=O)[O-].CC(=O)[O-].CC(=O)[O-].CO.CO.CO.[Rh+2].[Rh+2]. The van der Waals surface area contributed by atoms with Crippen molar-refractivity contribution in [3.63, 3.8) is 0 Å². The summed E-state index contributed by atoms with van der Waals surface area (Å²) >= 11 is 0. The predicted octanol–water partition coefficient (Wildman–Crippen LogP) is -3.41. The third-order valence-electron chi connectivity index (χ3n) is 2.36. The molecule has 1 atom stereocenters. The molecule has 2 heterocycles. The summed E-state index contributed by atoms with van der Waals surface area (Å²) in [5.74, 6) is -4.33. The third-order valence-corrected chi connectivity index (χ3v) is 2.36. The molecule has 0 aliphatic carbocycles. The number of aliphatic hydroxyl groups is 3. The van der Waals surface area contributed by atoms with Gasteiger partial charge in [-0.2, -0.15) is 5.70 Å². The Hall–Kier alpha value is -1.75. The van der Waals surface area contributed by atoms with Crippen molar-refractivity contribution < 1.29 is 93.9 Å². The van der Waals surface area contributed by atoms with Crippen molar-refractivity contribution in [2.45, 2.75) is 53.0 Å². The van der Waals surface area contributed by atoms with Crippen LogP contribution in [0, 0.1) is 0 Å². The number of hydrogen-bond donors (Lipinski definition) is 3. The molecule has 1 fully saturated rings. The van der Waals surface area contributed by atoms with Gasteiger partial charge >= 0.3 is 39.0 Å². The standard InChI is InChI=1S/C10H14N2.4C2H4O2.3CH4O.2Rh/c1-3-7-11-9(5-1)10-6-2-4-8-12-10;4*1-2(3)4;3*1-2;;/h1,3,5,10H,2,4,6-8H2;4*1H3,(H,3,4);3*2H,1H3;;/q-2;;;;;;;;2*+2/p-4. The van der Waals surface area contributed by atoms with Crippen LogP contribution in [0.5, 0.6) is 0 Å². The maximum atomic E-state index is 8.89. The smallest absolute Gasteiger partial charge is 0.686 e. The minimum atomic E-state index is -1.08. The number of aliphatic carboxylic acids is 4. The predicted molar refractivity (Wildman–Crippen MR) is 118 cm³/mol. The first-order valence-corrected chi connectivity index (χ1v) is 9.65.